The molecule has 1 saturated heterocycles. The lowest BCUT2D eigenvalue weighted by molar-refractivity contribution is -0.122. The molecular formula is C37H47FN5O5P. The predicted molar refractivity (Wildman–Crippen MR) is 191 cm³/mol. The molecule has 5 rings (SSSR count). The van der Waals surface area contributed by atoms with Gasteiger partial charge in [0.1, 0.15) is 18.2 Å². The maximum absolute atomic E-state index is 15.0. The number of aromatic carboxylic acids is 1. The number of pyridine rings is 1. The van der Waals surface area contributed by atoms with Crippen molar-refractivity contribution in [3.63, 3.8) is 0 Å². The van der Waals surface area contributed by atoms with Gasteiger partial charge in [-0.25, -0.2) is 19.2 Å². The van der Waals surface area contributed by atoms with Gasteiger partial charge >= 0.3 is 5.97 Å². The molecule has 0 radical (unpaired) electrons. The second-order valence-corrected chi connectivity index (χ2v) is 15.9. The van der Waals surface area contributed by atoms with E-state index in [0.29, 0.717) is 30.3 Å². The number of nitrogens with zero attached hydrogens (tertiary/aromatic N) is 4. The van der Waals surface area contributed by atoms with Crippen molar-refractivity contribution in [2.45, 2.75) is 76.8 Å². The second-order valence-electron chi connectivity index (χ2n) is 14.0. The molecule has 2 aromatic carbocycles. The number of carbonyl (C=O) groups excluding carboxylic acids is 1. The Morgan fingerprint density at radius 2 is 1.82 bits per heavy atom. The number of hydrogen-bond acceptors (Lipinski definition) is 7. The number of hydrogen-bond donors (Lipinski definition) is 2. The number of piperidine rings is 1. The minimum absolute atomic E-state index is 0.00961. The van der Waals surface area contributed by atoms with Crippen molar-refractivity contribution in [3.8, 4) is 5.88 Å². The van der Waals surface area contributed by atoms with Gasteiger partial charge in [0.05, 0.1) is 41.8 Å². The van der Waals surface area contributed by atoms with Crippen LogP contribution in [0.4, 0.5) is 10.1 Å². The monoisotopic (exact) mass is 691 g/mol. The topological polar surface area (TPSA) is 119 Å². The normalized spacial score (nSPS) is 14.9. The zero-order valence-corrected chi connectivity index (χ0v) is 30.2. The van der Waals surface area contributed by atoms with Gasteiger partial charge in [0.15, 0.2) is 0 Å². The summed E-state index contributed by atoms with van der Waals surface area (Å²) in [6, 6.07) is 15.3. The van der Waals surface area contributed by atoms with Crippen molar-refractivity contribution in [1.29, 1.82) is 0 Å². The Bertz CT molecular complexity index is 1800. The number of fused-ring (bicyclic) bond motifs is 1. The number of halogens is 1. The van der Waals surface area contributed by atoms with E-state index in [0.717, 1.165) is 57.1 Å². The highest BCUT2D eigenvalue weighted by atomic mass is 31.1. The highest BCUT2D eigenvalue weighted by Gasteiger charge is 2.27. The van der Waals surface area contributed by atoms with E-state index in [4.69, 9.17) is 19.4 Å². The van der Waals surface area contributed by atoms with Crippen molar-refractivity contribution in [2.75, 3.05) is 31.7 Å². The molecule has 2 aromatic heterocycles. The van der Waals surface area contributed by atoms with Crippen molar-refractivity contribution >= 4 is 37.2 Å². The number of aryl methyl sites for hydroxylation is 1. The average molecular weight is 692 g/mol. The molecule has 0 bridgehead atoms. The van der Waals surface area contributed by atoms with Gasteiger partial charge in [0.25, 0.3) is 0 Å². The zero-order valence-electron chi connectivity index (χ0n) is 29.2. The first kappa shape index (κ1) is 36.4. The first-order chi connectivity index (χ1) is 23.2. The molecule has 1 fully saturated rings. The lowest BCUT2D eigenvalue weighted by Crippen LogP contribution is -2.35. The van der Waals surface area contributed by atoms with Gasteiger partial charge in [-0.05, 0) is 82.8 Å². The van der Waals surface area contributed by atoms with Crippen LogP contribution in [-0.2, 0) is 29.7 Å². The number of anilines is 1. The molecule has 0 aliphatic carbocycles. The molecule has 1 amide bonds. The fourth-order valence-electron chi connectivity index (χ4n) is 5.82. The van der Waals surface area contributed by atoms with Gasteiger partial charge in [0, 0.05) is 41.1 Å². The molecule has 0 saturated carbocycles. The van der Waals surface area contributed by atoms with E-state index in [1.54, 1.807) is 36.4 Å². The van der Waals surface area contributed by atoms with E-state index in [2.05, 4.69) is 30.7 Å². The van der Waals surface area contributed by atoms with Crippen molar-refractivity contribution < 1.29 is 28.6 Å². The van der Waals surface area contributed by atoms with Crippen LogP contribution in [0.5, 0.6) is 5.88 Å². The molecule has 262 valence electrons. The van der Waals surface area contributed by atoms with Crippen LogP contribution in [0.1, 0.15) is 80.3 Å². The summed E-state index contributed by atoms with van der Waals surface area (Å²) in [7, 11) is 2.65. The molecule has 1 unspecified atom stereocenters. The number of amides is 1. The Morgan fingerprint density at radius 3 is 2.51 bits per heavy atom. The SMILES string of the molecule is CPC(C)(C)COC(C)(C)CC(=O)Nc1ccc(COc2cccc(C3CCN(Cc4nc5ccc(C(=O)O)cc5n4C)CC3)n2)c(F)c1. The minimum atomic E-state index is -0.952. The van der Waals surface area contributed by atoms with Gasteiger partial charge in [-0.3, -0.25) is 9.69 Å². The van der Waals surface area contributed by atoms with Gasteiger partial charge < -0.3 is 24.5 Å². The summed E-state index contributed by atoms with van der Waals surface area (Å²) in [6.07, 6.45) is 2.00. The molecule has 1 atom stereocenters. The van der Waals surface area contributed by atoms with E-state index in [-0.39, 0.29) is 35.6 Å². The van der Waals surface area contributed by atoms with Crippen LogP contribution in [0, 0.1) is 5.82 Å². The van der Waals surface area contributed by atoms with Crippen LogP contribution in [0.2, 0.25) is 0 Å². The maximum atomic E-state index is 15.0. The molecule has 12 heteroatoms. The first-order valence-corrected chi connectivity index (χ1v) is 18.1. The number of likely N-dealkylation sites (tertiary alicyclic amines) is 1. The number of carboxylic acids is 1. The number of benzene rings is 2. The van der Waals surface area contributed by atoms with E-state index >= 15 is 4.39 Å². The molecule has 10 nitrogen and oxygen atoms in total. The summed E-state index contributed by atoms with van der Waals surface area (Å²) >= 11 is 0. The third-order valence-electron chi connectivity index (χ3n) is 9.14. The molecule has 2 N–H and O–H groups in total. The number of imidazole rings is 1. The highest BCUT2D eigenvalue weighted by molar-refractivity contribution is 7.39. The fourth-order valence-corrected chi connectivity index (χ4v) is 6.04. The number of carbonyl (C=O) groups is 2. The Morgan fingerprint density at radius 1 is 1.06 bits per heavy atom. The summed E-state index contributed by atoms with van der Waals surface area (Å²) in [6.45, 7) is 13.2. The van der Waals surface area contributed by atoms with E-state index < -0.39 is 17.4 Å². The number of aromatic nitrogens is 3. The Hall–Kier alpha value is -3.92. The van der Waals surface area contributed by atoms with Crippen LogP contribution >= 0.6 is 8.58 Å². The lowest BCUT2D eigenvalue weighted by Gasteiger charge is -2.31. The van der Waals surface area contributed by atoms with E-state index in [1.807, 2.05) is 37.6 Å². The van der Waals surface area contributed by atoms with Gasteiger partial charge in [-0.2, -0.15) is 0 Å². The smallest absolute Gasteiger partial charge is 0.335 e. The van der Waals surface area contributed by atoms with Crippen LogP contribution in [0.25, 0.3) is 11.0 Å². The van der Waals surface area contributed by atoms with Gasteiger partial charge in [-0.1, -0.05) is 26.0 Å². The Labute approximate surface area is 289 Å². The molecule has 3 heterocycles. The highest BCUT2D eigenvalue weighted by Crippen LogP contribution is 2.31. The molecule has 0 spiro atoms. The van der Waals surface area contributed by atoms with E-state index in [1.165, 1.54) is 6.07 Å². The predicted octanol–water partition coefficient (Wildman–Crippen LogP) is 6.97. The summed E-state index contributed by atoms with van der Waals surface area (Å²) in [5.41, 5.74) is 2.90. The summed E-state index contributed by atoms with van der Waals surface area (Å²) < 4.78 is 28.9. The largest absolute Gasteiger partial charge is 0.478 e. The van der Waals surface area contributed by atoms with Crippen molar-refractivity contribution in [2.24, 2.45) is 7.05 Å². The van der Waals surface area contributed by atoms with Crippen molar-refractivity contribution in [3.05, 3.63) is 83.1 Å². The molecule has 49 heavy (non-hydrogen) atoms. The Balaban J connectivity index is 1.11. The van der Waals surface area contributed by atoms with E-state index in [9.17, 15) is 14.7 Å². The number of rotatable bonds is 14. The minimum Gasteiger partial charge on any atom is -0.478 e. The fraction of sp³-hybridized carbons (Fsp3) is 0.459. The number of ether oxygens (including phenoxy) is 2. The molecule has 1 aliphatic heterocycles. The van der Waals surface area contributed by atoms with Crippen LogP contribution in [0.15, 0.2) is 54.6 Å². The lowest BCUT2D eigenvalue weighted by atomic mass is 9.93. The Kier molecular flexibility index (Phi) is 11.4. The number of carboxylic acid groups (broad SMARTS) is 1. The standard InChI is InChI=1S/C37H47FN5O5P/c1-36(2,48-23-37(3,4)49-6)20-33(44)39-27-12-10-26(28(38)19-27)22-47-34-9-7-8-29(41-34)24-14-16-43(17-15-24)21-32-40-30-13-11-25(35(45)46)18-31(30)42(32)5/h7-13,18-19,24,49H,14-17,20-23H2,1-6H3,(H,39,44)(H,45,46). The summed E-state index contributed by atoms with van der Waals surface area (Å²) in [5, 5.41) is 12.2. The third kappa shape index (κ3) is 9.62. The summed E-state index contributed by atoms with van der Waals surface area (Å²) in [5.74, 6) is -0.0542. The first-order valence-electron chi connectivity index (χ1n) is 16.6. The van der Waals surface area contributed by atoms with Crippen LogP contribution in [-0.4, -0.2) is 73.5 Å². The summed E-state index contributed by atoms with van der Waals surface area (Å²) in [4.78, 5) is 35.9. The zero-order chi connectivity index (χ0) is 35.3. The van der Waals surface area contributed by atoms with Crippen LogP contribution < -0.4 is 10.1 Å². The third-order valence-corrected chi connectivity index (χ3v) is 10.6. The quantitative estimate of drug-likeness (QED) is 0.136. The van der Waals surface area contributed by atoms with Crippen LogP contribution in [0.3, 0.4) is 0 Å². The molecule has 1 aliphatic rings. The van der Waals surface area contributed by atoms with Gasteiger partial charge in [-0.15, -0.1) is 8.58 Å². The second kappa shape index (κ2) is 15.3. The van der Waals surface area contributed by atoms with Crippen molar-refractivity contribution in [1.82, 2.24) is 19.4 Å². The molecule has 4 aromatic rings. The number of nitrogens with one attached hydrogen (secondary N) is 1. The molecular weight excluding hydrogens is 644 g/mol. The van der Waals surface area contributed by atoms with Gasteiger partial charge in [0.2, 0.25) is 11.8 Å². The average Bonchev–Trinajstić information content (AvgIpc) is 3.37. The maximum Gasteiger partial charge on any atom is 0.335 e.